The highest BCUT2D eigenvalue weighted by Crippen LogP contribution is 2.18. The maximum absolute atomic E-state index is 12.0. The third-order valence-electron chi connectivity index (χ3n) is 3.34. The molecule has 0 radical (unpaired) electrons. The summed E-state index contributed by atoms with van der Waals surface area (Å²) in [5, 5.41) is 0. The number of hydrogen-bond acceptors (Lipinski definition) is 3. The number of methoxy groups -OCH3 is 1. The summed E-state index contributed by atoms with van der Waals surface area (Å²) >= 11 is 5.00. The monoisotopic (exact) mass is 258 g/mol. The van der Waals surface area contributed by atoms with E-state index in [9.17, 15) is 4.79 Å². The minimum atomic E-state index is 0.134. The number of nitrogens with two attached hydrogens (primary N) is 1. The van der Waals surface area contributed by atoms with E-state index >= 15 is 0 Å². The minimum Gasteiger partial charge on any atom is -0.393 e. The first kappa shape index (κ1) is 14.4. The molecule has 2 atom stereocenters. The highest BCUT2D eigenvalue weighted by Gasteiger charge is 2.25. The fourth-order valence-electron chi connectivity index (χ4n) is 2.04. The van der Waals surface area contributed by atoms with Crippen LogP contribution in [0.3, 0.4) is 0 Å². The molecule has 1 aliphatic heterocycles. The first-order chi connectivity index (χ1) is 8.04. The lowest BCUT2D eigenvalue weighted by Crippen LogP contribution is -2.43. The van der Waals surface area contributed by atoms with Gasteiger partial charge >= 0.3 is 0 Å². The number of likely N-dealkylation sites (tertiary alicyclic amines) is 1. The summed E-state index contributed by atoms with van der Waals surface area (Å²) in [6.07, 6.45) is 3.44. The lowest BCUT2D eigenvalue weighted by atomic mass is 9.97. The van der Waals surface area contributed by atoms with Gasteiger partial charge in [0, 0.05) is 32.5 Å². The Morgan fingerprint density at radius 3 is 2.94 bits per heavy atom. The van der Waals surface area contributed by atoms with E-state index in [1.807, 2.05) is 11.8 Å². The van der Waals surface area contributed by atoms with Crippen molar-refractivity contribution < 1.29 is 9.53 Å². The molecule has 0 aliphatic carbocycles. The Balaban J connectivity index is 2.38. The van der Waals surface area contributed by atoms with E-state index in [0.717, 1.165) is 25.8 Å². The van der Waals surface area contributed by atoms with Gasteiger partial charge in [-0.05, 0) is 26.2 Å². The first-order valence-electron chi connectivity index (χ1n) is 6.14. The molecule has 1 rings (SSSR count). The second-order valence-electron chi connectivity index (χ2n) is 4.67. The van der Waals surface area contributed by atoms with Crippen LogP contribution in [0.4, 0.5) is 0 Å². The van der Waals surface area contributed by atoms with Crippen molar-refractivity contribution in [2.45, 2.75) is 38.7 Å². The molecule has 4 nitrogen and oxygen atoms in total. The van der Waals surface area contributed by atoms with Crippen molar-refractivity contribution in [3.63, 3.8) is 0 Å². The Labute approximate surface area is 108 Å². The van der Waals surface area contributed by atoms with E-state index in [1.165, 1.54) is 0 Å². The predicted octanol–water partition coefficient (Wildman–Crippen LogP) is 1.33. The molecule has 0 bridgehead atoms. The number of piperidine rings is 1. The third kappa shape index (κ3) is 4.60. The van der Waals surface area contributed by atoms with Crippen LogP contribution in [0.2, 0.25) is 0 Å². The number of nitrogens with zero attached hydrogens (tertiary/aromatic N) is 1. The molecule has 98 valence electrons. The molecular formula is C12H22N2O2S. The van der Waals surface area contributed by atoms with Crippen LogP contribution in [0.15, 0.2) is 0 Å². The zero-order valence-corrected chi connectivity index (χ0v) is 11.5. The molecule has 2 N–H and O–H groups in total. The SMILES string of the molecule is COC(C)CCC(=O)N1CCCC(C(N)=S)C1. The zero-order chi connectivity index (χ0) is 12.8. The van der Waals surface area contributed by atoms with Crippen molar-refractivity contribution >= 4 is 23.1 Å². The smallest absolute Gasteiger partial charge is 0.222 e. The number of hydrogen-bond donors (Lipinski definition) is 1. The number of rotatable bonds is 5. The van der Waals surface area contributed by atoms with Gasteiger partial charge in [-0.2, -0.15) is 0 Å². The summed E-state index contributed by atoms with van der Waals surface area (Å²) < 4.78 is 5.14. The fraction of sp³-hybridized carbons (Fsp3) is 0.833. The average molecular weight is 258 g/mol. The van der Waals surface area contributed by atoms with Crippen molar-refractivity contribution in [2.75, 3.05) is 20.2 Å². The van der Waals surface area contributed by atoms with Crippen LogP contribution in [-0.4, -0.2) is 42.1 Å². The largest absolute Gasteiger partial charge is 0.393 e. The van der Waals surface area contributed by atoms with Crippen LogP contribution in [0.5, 0.6) is 0 Å². The lowest BCUT2D eigenvalue weighted by molar-refractivity contribution is -0.133. The van der Waals surface area contributed by atoms with Crippen LogP contribution in [0, 0.1) is 5.92 Å². The van der Waals surface area contributed by atoms with Gasteiger partial charge in [-0.15, -0.1) is 0 Å². The van der Waals surface area contributed by atoms with Crippen molar-refractivity contribution in [3.05, 3.63) is 0 Å². The van der Waals surface area contributed by atoms with Crippen LogP contribution in [-0.2, 0) is 9.53 Å². The van der Waals surface area contributed by atoms with Crippen molar-refractivity contribution in [1.29, 1.82) is 0 Å². The van der Waals surface area contributed by atoms with Crippen LogP contribution in [0.25, 0.3) is 0 Å². The quantitative estimate of drug-likeness (QED) is 0.756. The average Bonchev–Trinajstić information content (AvgIpc) is 2.35. The molecular weight excluding hydrogens is 236 g/mol. The fourth-order valence-corrected chi connectivity index (χ4v) is 2.23. The lowest BCUT2D eigenvalue weighted by Gasteiger charge is -2.32. The first-order valence-corrected chi connectivity index (χ1v) is 6.55. The van der Waals surface area contributed by atoms with E-state index in [4.69, 9.17) is 22.7 Å². The molecule has 1 aliphatic rings. The van der Waals surface area contributed by atoms with Crippen molar-refractivity contribution in [3.8, 4) is 0 Å². The summed E-state index contributed by atoms with van der Waals surface area (Å²) in [4.78, 5) is 14.4. The van der Waals surface area contributed by atoms with Gasteiger partial charge in [-0.3, -0.25) is 4.79 Å². The summed E-state index contributed by atoms with van der Waals surface area (Å²) in [6, 6.07) is 0. The highest BCUT2D eigenvalue weighted by molar-refractivity contribution is 7.80. The molecule has 0 aromatic heterocycles. The number of carbonyl (C=O) groups is 1. The molecule has 1 heterocycles. The maximum Gasteiger partial charge on any atom is 0.222 e. The molecule has 0 aromatic rings. The van der Waals surface area contributed by atoms with Gasteiger partial charge in [0.1, 0.15) is 0 Å². The van der Waals surface area contributed by atoms with Gasteiger partial charge in [-0.25, -0.2) is 0 Å². The number of amides is 1. The van der Waals surface area contributed by atoms with Crippen LogP contribution in [0.1, 0.15) is 32.6 Å². The molecule has 0 aromatic carbocycles. The van der Waals surface area contributed by atoms with E-state index in [2.05, 4.69) is 0 Å². The standard InChI is InChI=1S/C12H22N2O2S/c1-9(16-2)5-6-11(15)14-7-3-4-10(8-14)12(13)17/h9-10H,3-8H2,1-2H3,(H2,13,17). The maximum atomic E-state index is 12.0. The van der Waals surface area contributed by atoms with Crippen LogP contribution >= 0.6 is 12.2 Å². The summed E-state index contributed by atoms with van der Waals surface area (Å²) in [7, 11) is 1.67. The third-order valence-corrected chi connectivity index (χ3v) is 3.68. The Kier molecular flexibility index (Phi) is 5.85. The molecule has 17 heavy (non-hydrogen) atoms. The normalized spacial score (nSPS) is 22.2. The topological polar surface area (TPSA) is 55.6 Å². The zero-order valence-electron chi connectivity index (χ0n) is 10.6. The molecule has 0 spiro atoms. The van der Waals surface area contributed by atoms with Crippen molar-refractivity contribution in [2.24, 2.45) is 11.7 Å². The predicted molar refractivity (Wildman–Crippen MR) is 71.8 cm³/mol. The molecule has 0 saturated carbocycles. The van der Waals surface area contributed by atoms with Gasteiger partial charge in [0.15, 0.2) is 0 Å². The number of ether oxygens (including phenoxy) is 1. The van der Waals surface area contributed by atoms with E-state index in [-0.39, 0.29) is 17.9 Å². The number of thiocarbonyl (C=S) groups is 1. The Morgan fingerprint density at radius 1 is 1.65 bits per heavy atom. The van der Waals surface area contributed by atoms with Gasteiger partial charge in [0.05, 0.1) is 11.1 Å². The second-order valence-corrected chi connectivity index (χ2v) is 5.14. The second kappa shape index (κ2) is 6.91. The molecule has 5 heteroatoms. The number of carbonyl (C=O) groups excluding carboxylic acids is 1. The minimum absolute atomic E-state index is 0.134. The molecule has 1 amide bonds. The summed E-state index contributed by atoms with van der Waals surface area (Å²) in [5.41, 5.74) is 5.65. The Morgan fingerprint density at radius 2 is 2.35 bits per heavy atom. The molecule has 1 saturated heterocycles. The Bertz CT molecular complexity index is 284. The Hall–Kier alpha value is -0.680. The van der Waals surface area contributed by atoms with Gasteiger partial charge < -0.3 is 15.4 Å². The van der Waals surface area contributed by atoms with Crippen molar-refractivity contribution in [1.82, 2.24) is 4.90 Å². The van der Waals surface area contributed by atoms with Crippen LogP contribution < -0.4 is 5.73 Å². The highest BCUT2D eigenvalue weighted by atomic mass is 32.1. The van der Waals surface area contributed by atoms with Gasteiger partial charge in [0.25, 0.3) is 0 Å². The van der Waals surface area contributed by atoms with Gasteiger partial charge in [0.2, 0.25) is 5.91 Å². The van der Waals surface area contributed by atoms with E-state index < -0.39 is 0 Å². The van der Waals surface area contributed by atoms with E-state index in [0.29, 0.717) is 18.0 Å². The van der Waals surface area contributed by atoms with E-state index in [1.54, 1.807) is 7.11 Å². The summed E-state index contributed by atoms with van der Waals surface area (Å²) in [6.45, 7) is 3.50. The molecule has 1 fully saturated rings. The van der Waals surface area contributed by atoms with Gasteiger partial charge in [-0.1, -0.05) is 12.2 Å². The molecule has 2 unspecified atom stereocenters. The summed E-state index contributed by atoms with van der Waals surface area (Å²) in [5.74, 6) is 0.386.